The summed E-state index contributed by atoms with van der Waals surface area (Å²) in [6.45, 7) is 0. The van der Waals surface area contributed by atoms with Crippen LogP contribution in [-0.2, 0) is 0 Å². The normalized spacial score (nSPS) is 11.8. The van der Waals surface area contributed by atoms with Crippen LogP contribution in [0.2, 0.25) is 41.9 Å². The zero-order chi connectivity index (χ0) is 76.4. The van der Waals surface area contributed by atoms with E-state index in [1.165, 1.54) is 43.0 Å². The fourth-order valence-corrected chi connectivity index (χ4v) is 99.4. The maximum atomic E-state index is 6.06. The Labute approximate surface area is 662 Å². The van der Waals surface area contributed by atoms with Gasteiger partial charge >= 0.3 is 669 Å². The second-order valence-corrected chi connectivity index (χ2v) is 79.0. The number of hydrogen-bond donors (Lipinski definition) is 0. The summed E-state index contributed by atoms with van der Waals surface area (Å²) in [7, 11) is 18.0. The van der Waals surface area contributed by atoms with Crippen LogP contribution >= 0.6 is 0 Å². The van der Waals surface area contributed by atoms with Gasteiger partial charge in [0.1, 0.15) is 0 Å². The third kappa shape index (κ3) is 17.1. The summed E-state index contributed by atoms with van der Waals surface area (Å²) >= 11 is -18.1. The first kappa shape index (κ1) is 80.2. The zero-order valence-corrected chi connectivity index (χ0v) is 77.2. The van der Waals surface area contributed by atoms with Crippen molar-refractivity contribution in [1.82, 2.24) is 0 Å². The molecule has 0 aromatic heterocycles. The molecular weight excluding hydrogens is 1800 g/mol. The van der Waals surface area contributed by atoms with E-state index in [4.69, 9.17) is 56.8 Å². The monoisotopic (exact) mass is 1900 g/mol. The molecule has 12 aromatic carbocycles. The van der Waals surface area contributed by atoms with Crippen LogP contribution in [0.1, 0.15) is 0 Å². The van der Waals surface area contributed by atoms with E-state index in [1.807, 2.05) is 0 Å². The molecule has 0 atom stereocenters. The summed E-state index contributed by atoms with van der Waals surface area (Å²) in [5.41, 5.74) is 0. The molecule has 12 nitrogen and oxygen atoms in total. The molecule has 0 amide bonds. The van der Waals surface area contributed by atoms with E-state index in [1.54, 1.807) is 85.3 Å². The Morgan fingerprint density at radius 3 is 0.303 bits per heavy atom. The zero-order valence-electron chi connectivity index (χ0n) is 64.8. The van der Waals surface area contributed by atoms with Crippen LogP contribution in [0, 0.1) is 0 Å². The summed E-state index contributed by atoms with van der Waals surface area (Å²) in [4.78, 5) is 0. The molecule has 0 heterocycles. The first-order valence-corrected chi connectivity index (χ1v) is 65.1. The SMILES string of the molecule is COc1cc[c]([Sn]([CH2]C[Si](C[CH2][Sn]([c]2ccc(OC)cc2)([c]2ccc(OC)cc2)[c]2ccc(OC)cc2)(C[CH2][Sn]([c]2ccc(OC)cc2)([c]2ccc(OC)cc2)[c]2ccc(OC)cc2)C[CH2][Sn]([c]2ccc(OC)cc2)([c]2ccc(OC)cc2)[c]2ccc(OC)cc2)([c]2ccc(OC)cc2)[c]2ccc(OC)cc2)cc1. The topological polar surface area (TPSA) is 111 Å². The third-order valence-corrected chi connectivity index (χ3v) is 90.7. The standard InChI is InChI=1S/C8H16Si.12C7H7O.4Sn/c1-5-9(6-2,7-3)8-4;12*1-8-7-5-3-2-4-6-7;;;;/h1-8H2;12*3-6H,1H3;;;;. The molecule has 12 rings (SSSR count). The average Bonchev–Trinajstić information content (AvgIpc) is 0.746. The molecule has 0 aliphatic heterocycles. The van der Waals surface area contributed by atoms with Crippen molar-refractivity contribution in [2.24, 2.45) is 0 Å². The molecular formula is C92H100O12SiSn4. The van der Waals surface area contributed by atoms with Crippen molar-refractivity contribution in [1.29, 1.82) is 0 Å². The van der Waals surface area contributed by atoms with Gasteiger partial charge < -0.3 is 0 Å². The predicted molar refractivity (Wildman–Crippen MR) is 459 cm³/mol. The minimum atomic E-state index is -4.51. The van der Waals surface area contributed by atoms with Crippen LogP contribution in [0.15, 0.2) is 291 Å². The molecule has 560 valence electrons. The van der Waals surface area contributed by atoms with Crippen molar-refractivity contribution in [3.63, 3.8) is 0 Å². The third-order valence-electron chi connectivity index (χ3n) is 23.1. The Morgan fingerprint density at radius 1 is 0.147 bits per heavy atom. The van der Waals surface area contributed by atoms with Crippen molar-refractivity contribution < 1.29 is 56.8 Å². The predicted octanol–water partition coefficient (Wildman–Crippen LogP) is 12.2. The van der Waals surface area contributed by atoms with Gasteiger partial charge in [-0.2, -0.15) is 0 Å². The molecule has 0 saturated heterocycles. The molecule has 0 N–H and O–H groups in total. The number of ether oxygens (including phenoxy) is 12. The van der Waals surface area contributed by atoms with Gasteiger partial charge in [-0.1, -0.05) is 0 Å². The quantitative estimate of drug-likeness (QED) is 0.0349. The van der Waals surface area contributed by atoms with E-state index in [0.29, 0.717) is 0 Å². The first-order valence-electron chi connectivity index (χ1n) is 37.0. The Hall–Kier alpha value is -8.35. The van der Waals surface area contributed by atoms with Crippen LogP contribution in [0.3, 0.4) is 0 Å². The molecule has 0 spiro atoms. The van der Waals surface area contributed by atoms with E-state index >= 15 is 0 Å². The van der Waals surface area contributed by atoms with Crippen LogP contribution < -0.4 is 99.8 Å². The van der Waals surface area contributed by atoms with Gasteiger partial charge in [0.05, 0.1) is 0 Å². The molecule has 0 bridgehead atoms. The van der Waals surface area contributed by atoms with E-state index in [2.05, 4.69) is 291 Å². The summed E-state index contributed by atoms with van der Waals surface area (Å²) in [5.74, 6) is 9.78. The van der Waals surface area contributed by atoms with Crippen molar-refractivity contribution >= 4 is 125 Å². The molecule has 0 radical (unpaired) electrons. The molecule has 0 saturated carbocycles. The fraction of sp³-hybridized carbons (Fsp3) is 0.217. The molecule has 0 aliphatic rings. The van der Waals surface area contributed by atoms with Gasteiger partial charge in [0.25, 0.3) is 0 Å². The molecule has 109 heavy (non-hydrogen) atoms. The van der Waals surface area contributed by atoms with Crippen molar-refractivity contribution in [3.8, 4) is 69.0 Å². The van der Waals surface area contributed by atoms with Gasteiger partial charge in [0, 0.05) is 0 Å². The Kier molecular flexibility index (Phi) is 27.3. The fourth-order valence-electron chi connectivity index (χ4n) is 16.8. The summed E-state index contributed by atoms with van der Waals surface area (Å²) in [5, 5.41) is 0. The number of rotatable bonds is 36. The molecule has 0 aliphatic carbocycles. The van der Waals surface area contributed by atoms with Gasteiger partial charge in [-0.3, -0.25) is 0 Å². The van der Waals surface area contributed by atoms with E-state index in [-0.39, 0.29) is 0 Å². The van der Waals surface area contributed by atoms with Crippen molar-refractivity contribution in [2.45, 2.75) is 41.9 Å². The summed E-state index contributed by atoms with van der Waals surface area (Å²) < 4.78 is 92.8. The van der Waals surface area contributed by atoms with Gasteiger partial charge in [-0.15, -0.1) is 0 Å². The first-order chi connectivity index (χ1) is 53.3. The maximum absolute atomic E-state index is 6.06. The second-order valence-electron chi connectivity index (χ2n) is 27.9. The number of benzene rings is 12. The Balaban J connectivity index is 1.23. The Bertz CT molecular complexity index is 3740. The van der Waals surface area contributed by atoms with Gasteiger partial charge in [0.2, 0.25) is 0 Å². The van der Waals surface area contributed by atoms with Crippen LogP contribution in [0.4, 0.5) is 0 Å². The second kappa shape index (κ2) is 37.1. The average molecular weight is 1900 g/mol. The molecule has 0 unspecified atom stereocenters. The summed E-state index contributed by atoms with van der Waals surface area (Å²) in [6.07, 6.45) is 0. The van der Waals surface area contributed by atoms with Crippen LogP contribution in [0.5, 0.6) is 69.0 Å². The molecule has 0 fully saturated rings. The summed E-state index contributed by atoms with van der Waals surface area (Å²) in [6, 6.07) is 114. The van der Waals surface area contributed by atoms with E-state index < -0.39 is 81.6 Å². The van der Waals surface area contributed by atoms with E-state index in [0.717, 1.165) is 111 Å². The van der Waals surface area contributed by atoms with Gasteiger partial charge in [-0.25, -0.2) is 0 Å². The van der Waals surface area contributed by atoms with Crippen molar-refractivity contribution in [3.05, 3.63) is 291 Å². The number of hydrogen-bond acceptors (Lipinski definition) is 12. The number of methoxy groups -OCH3 is 12. The molecule has 17 heteroatoms. The van der Waals surface area contributed by atoms with Gasteiger partial charge in [-0.05, 0) is 0 Å². The van der Waals surface area contributed by atoms with Crippen LogP contribution in [-0.4, -0.2) is 167 Å². The Morgan fingerprint density at radius 2 is 0.229 bits per heavy atom. The molecule has 12 aromatic rings. The minimum absolute atomic E-state index is 0.815. The van der Waals surface area contributed by atoms with Crippen LogP contribution in [0.25, 0.3) is 0 Å². The van der Waals surface area contributed by atoms with E-state index in [9.17, 15) is 0 Å². The van der Waals surface area contributed by atoms with Gasteiger partial charge in [0.15, 0.2) is 0 Å². The van der Waals surface area contributed by atoms with Crippen molar-refractivity contribution in [2.75, 3.05) is 85.3 Å².